The second kappa shape index (κ2) is 14.1. The van der Waals surface area contributed by atoms with Crippen LogP contribution in [0.15, 0.2) is 60.7 Å². The van der Waals surface area contributed by atoms with E-state index in [-0.39, 0.29) is 18.2 Å². The van der Waals surface area contributed by atoms with Gasteiger partial charge in [0.1, 0.15) is 0 Å². The highest BCUT2D eigenvalue weighted by Gasteiger charge is 2.40. The smallest absolute Gasteiger partial charge is 0.326 e. The number of hydrogen-bond donors (Lipinski definition) is 3. The Morgan fingerprint density at radius 3 is 2.20 bits per heavy atom. The third-order valence-electron chi connectivity index (χ3n) is 6.16. The van der Waals surface area contributed by atoms with E-state index in [0.717, 1.165) is 31.4 Å². The normalized spacial score (nSPS) is 16.4. The van der Waals surface area contributed by atoms with Crippen molar-refractivity contribution >= 4 is 23.6 Å². The van der Waals surface area contributed by atoms with E-state index in [1.54, 1.807) is 0 Å². The fraction of sp³-hybridized carbons (Fsp3) is 0.444. The predicted molar refractivity (Wildman–Crippen MR) is 136 cm³/mol. The van der Waals surface area contributed by atoms with Gasteiger partial charge in [-0.25, -0.2) is 4.79 Å². The summed E-state index contributed by atoms with van der Waals surface area (Å²) >= 11 is 0. The number of carbonyl (C=O) groups excluding carboxylic acids is 3. The summed E-state index contributed by atoms with van der Waals surface area (Å²) in [5.74, 6) is 0.217. The van der Waals surface area contributed by atoms with E-state index in [1.807, 2.05) is 36.4 Å². The van der Waals surface area contributed by atoms with Gasteiger partial charge in [0, 0.05) is 43.6 Å². The predicted octanol–water partition coefficient (Wildman–Crippen LogP) is 4.21. The zero-order chi connectivity index (χ0) is 24.9. The van der Waals surface area contributed by atoms with Crippen LogP contribution in [0.1, 0.15) is 56.4 Å². The number of likely N-dealkylation sites (N-methyl/N-ethyl adjacent to an activating group) is 1. The maximum Gasteiger partial charge on any atom is 0.431 e. The first-order valence-corrected chi connectivity index (χ1v) is 12.4. The van der Waals surface area contributed by atoms with E-state index in [2.05, 4.69) is 52.3 Å². The van der Waals surface area contributed by atoms with E-state index in [9.17, 15) is 14.4 Å². The lowest BCUT2D eigenvalue weighted by Crippen LogP contribution is -2.38. The molecule has 8 heteroatoms. The van der Waals surface area contributed by atoms with E-state index < -0.39 is 6.09 Å². The molecule has 0 aromatic heterocycles. The van der Waals surface area contributed by atoms with Crippen LogP contribution in [0.5, 0.6) is 0 Å². The summed E-state index contributed by atoms with van der Waals surface area (Å²) in [5, 5.41) is 5.52. The van der Waals surface area contributed by atoms with Crippen molar-refractivity contribution in [2.45, 2.75) is 56.9 Å². The van der Waals surface area contributed by atoms with Crippen molar-refractivity contribution in [2.75, 3.05) is 25.5 Å². The van der Waals surface area contributed by atoms with E-state index in [0.29, 0.717) is 37.9 Å². The van der Waals surface area contributed by atoms with Crippen LogP contribution >= 0.6 is 0 Å². The van der Waals surface area contributed by atoms with Crippen LogP contribution in [0.4, 0.5) is 10.5 Å². The molecule has 0 bridgehead atoms. The Hall–Kier alpha value is -3.39. The zero-order valence-corrected chi connectivity index (χ0v) is 20.4. The molecule has 2 atom stereocenters. The Bertz CT molecular complexity index is 939. The minimum absolute atomic E-state index is 0.00677. The fourth-order valence-electron chi connectivity index (χ4n) is 4.09. The highest BCUT2D eigenvalue weighted by atomic mass is 16.7. The number of unbranched alkanes of at least 4 members (excludes halogenated alkanes) is 3. The van der Waals surface area contributed by atoms with Crippen LogP contribution < -0.4 is 16.1 Å². The molecule has 3 amide bonds. The maximum absolute atomic E-state index is 11.9. The van der Waals surface area contributed by atoms with Crippen molar-refractivity contribution in [1.82, 2.24) is 15.7 Å². The van der Waals surface area contributed by atoms with Crippen molar-refractivity contribution in [2.24, 2.45) is 0 Å². The number of benzene rings is 2. The molecule has 0 heterocycles. The highest BCUT2D eigenvalue weighted by Crippen LogP contribution is 2.43. The molecule has 0 spiro atoms. The van der Waals surface area contributed by atoms with Crippen LogP contribution in [0.25, 0.3) is 0 Å². The number of nitrogens with one attached hydrogen (secondary N) is 3. The molecule has 1 saturated carbocycles. The molecule has 8 nitrogen and oxygen atoms in total. The van der Waals surface area contributed by atoms with Gasteiger partial charge in [-0.3, -0.25) is 9.59 Å². The van der Waals surface area contributed by atoms with Crippen LogP contribution in [0.3, 0.4) is 0 Å². The summed E-state index contributed by atoms with van der Waals surface area (Å²) in [6, 6.07) is 20.3. The van der Waals surface area contributed by atoms with Gasteiger partial charge < -0.3 is 20.4 Å². The quantitative estimate of drug-likeness (QED) is 0.295. The van der Waals surface area contributed by atoms with Gasteiger partial charge in [-0.2, -0.15) is 5.48 Å². The minimum atomic E-state index is -0.661. The average Bonchev–Trinajstić information content (AvgIpc) is 3.67. The van der Waals surface area contributed by atoms with Gasteiger partial charge in [0.25, 0.3) is 5.91 Å². The molecule has 0 radical (unpaired) electrons. The summed E-state index contributed by atoms with van der Waals surface area (Å²) in [4.78, 5) is 42.6. The number of amides is 3. The molecule has 2 aromatic carbocycles. The van der Waals surface area contributed by atoms with Crippen molar-refractivity contribution < 1.29 is 19.2 Å². The molecular formula is C27H36N4O4. The Balaban J connectivity index is 1.14. The molecule has 3 rings (SSSR count). The number of anilines is 1. The number of hydrogen-bond acceptors (Lipinski definition) is 5. The number of nitrogens with zero attached hydrogens (tertiary/aromatic N) is 1. The Morgan fingerprint density at radius 2 is 1.51 bits per heavy atom. The SMILES string of the molecule is CN(CCNC(=O)ONC(=O)CCCCCCC(=O)Nc1ccccc1)[C@@H]1C[C@H]1c1ccccc1. The van der Waals surface area contributed by atoms with Gasteiger partial charge in [0.15, 0.2) is 0 Å². The van der Waals surface area contributed by atoms with Crippen LogP contribution in [0, 0.1) is 0 Å². The first-order valence-electron chi connectivity index (χ1n) is 12.4. The summed E-state index contributed by atoms with van der Waals surface area (Å²) in [5.41, 5.74) is 4.34. The number of rotatable bonds is 13. The number of carbonyl (C=O) groups is 3. The summed E-state index contributed by atoms with van der Waals surface area (Å²) < 4.78 is 0. The average molecular weight is 481 g/mol. The first-order chi connectivity index (χ1) is 17.0. The lowest BCUT2D eigenvalue weighted by molar-refractivity contribution is -0.129. The molecule has 3 N–H and O–H groups in total. The largest absolute Gasteiger partial charge is 0.431 e. The van der Waals surface area contributed by atoms with Crippen molar-refractivity contribution in [3.8, 4) is 0 Å². The summed E-state index contributed by atoms with van der Waals surface area (Å²) in [6.45, 7) is 1.15. The number of hydroxylamine groups is 1. The molecule has 2 aromatic rings. The van der Waals surface area contributed by atoms with Gasteiger partial charge in [-0.1, -0.05) is 61.4 Å². The third-order valence-corrected chi connectivity index (χ3v) is 6.16. The Morgan fingerprint density at radius 1 is 0.886 bits per heavy atom. The molecule has 35 heavy (non-hydrogen) atoms. The van der Waals surface area contributed by atoms with Gasteiger partial charge in [-0.05, 0) is 44.0 Å². The molecule has 0 saturated heterocycles. The second-order valence-electron chi connectivity index (χ2n) is 8.97. The summed E-state index contributed by atoms with van der Waals surface area (Å²) in [7, 11) is 2.05. The van der Waals surface area contributed by atoms with Crippen LogP contribution in [0.2, 0.25) is 0 Å². The van der Waals surface area contributed by atoms with Gasteiger partial charge in [-0.15, -0.1) is 0 Å². The topological polar surface area (TPSA) is 99.8 Å². The molecule has 1 aliphatic carbocycles. The fourth-order valence-corrected chi connectivity index (χ4v) is 4.09. The second-order valence-corrected chi connectivity index (χ2v) is 8.97. The highest BCUT2D eigenvalue weighted by molar-refractivity contribution is 5.90. The minimum Gasteiger partial charge on any atom is -0.326 e. The van der Waals surface area contributed by atoms with Gasteiger partial charge >= 0.3 is 6.09 Å². The standard InChI is InChI=1S/C27H36N4O4/c1-31(24-20-23(24)21-12-6-4-7-13-21)19-18-28-27(34)35-30-26(33)17-11-3-2-10-16-25(32)29-22-14-8-5-9-15-22/h4-9,12-15,23-24H,2-3,10-11,16-20H2,1H3,(H,28,34)(H,29,32)(H,30,33)/t23-,24+/m0/s1. The molecular weight excluding hydrogens is 444 g/mol. The van der Waals surface area contributed by atoms with Gasteiger partial charge in [0.05, 0.1) is 0 Å². The monoisotopic (exact) mass is 480 g/mol. The Kier molecular flexibility index (Phi) is 10.6. The molecule has 1 aliphatic rings. The van der Waals surface area contributed by atoms with E-state index >= 15 is 0 Å². The van der Waals surface area contributed by atoms with Crippen LogP contribution in [-0.4, -0.2) is 49.0 Å². The van der Waals surface area contributed by atoms with E-state index in [1.165, 1.54) is 5.56 Å². The molecule has 0 aliphatic heterocycles. The van der Waals surface area contributed by atoms with E-state index in [4.69, 9.17) is 4.84 Å². The first kappa shape index (κ1) is 26.2. The van der Waals surface area contributed by atoms with Crippen molar-refractivity contribution in [1.29, 1.82) is 0 Å². The lowest BCUT2D eigenvalue weighted by Gasteiger charge is -2.17. The van der Waals surface area contributed by atoms with Gasteiger partial charge in [0.2, 0.25) is 5.91 Å². The summed E-state index contributed by atoms with van der Waals surface area (Å²) in [6.07, 6.45) is 4.31. The molecule has 188 valence electrons. The Labute approximate surface area is 207 Å². The lowest BCUT2D eigenvalue weighted by atomic mass is 10.1. The molecule has 1 fully saturated rings. The molecule has 0 unspecified atom stereocenters. The maximum atomic E-state index is 11.9. The number of para-hydroxylation sites is 1. The zero-order valence-electron chi connectivity index (χ0n) is 20.4. The van der Waals surface area contributed by atoms with Crippen molar-refractivity contribution in [3.05, 3.63) is 66.2 Å². The third kappa shape index (κ3) is 9.78. The van der Waals surface area contributed by atoms with Crippen molar-refractivity contribution in [3.63, 3.8) is 0 Å². The van der Waals surface area contributed by atoms with Crippen LogP contribution in [-0.2, 0) is 14.4 Å².